The molecular weight excluding hydrogens is 337 g/mol. The van der Waals surface area contributed by atoms with Crippen LogP contribution < -0.4 is 10.1 Å². The zero-order valence-corrected chi connectivity index (χ0v) is 13.5. The average molecular weight is 350 g/mol. The maximum atomic E-state index is 11.8. The molecule has 1 N–H and O–H groups in total. The maximum Gasteiger partial charge on any atom is 0.258 e. The molecule has 6 heteroatoms. The van der Waals surface area contributed by atoms with Crippen molar-refractivity contribution in [2.24, 2.45) is 0 Å². The fourth-order valence-corrected chi connectivity index (χ4v) is 2.56. The molecule has 1 heterocycles. The van der Waals surface area contributed by atoms with Crippen LogP contribution in [0.2, 0.25) is 10.0 Å². The summed E-state index contributed by atoms with van der Waals surface area (Å²) in [6.07, 6.45) is 0. The molecule has 1 aromatic heterocycles. The SMILES string of the molecule is O=C(COc1ccc(Cl)cc1Cl)NCc1cc2ccccc2o1. The van der Waals surface area contributed by atoms with E-state index in [4.69, 9.17) is 32.4 Å². The monoisotopic (exact) mass is 349 g/mol. The van der Waals surface area contributed by atoms with Gasteiger partial charge in [0.15, 0.2) is 6.61 Å². The van der Waals surface area contributed by atoms with Crippen LogP contribution in [0.3, 0.4) is 0 Å². The van der Waals surface area contributed by atoms with Crippen molar-refractivity contribution in [1.29, 1.82) is 0 Å². The summed E-state index contributed by atoms with van der Waals surface area (Å²) < 4.78 is 11.0. The van der Waals surface area contributed by atoms with Crippen LogP contribution in [0.1, 0.15) is 5.76 Å². The van der Waals surface area contributed by atoms with E-state index in [1.54, 1.807) is 18.2 Å². The Balaban J connectivity index is 1.53. The van der Waals surface area contributed by atoms with Crippen LogP contribution >= 0.6 is 23.2 Å². The van der Waals surface area contributed by atoms with Gasteiger partial charge in [-0.05, 0) is 30.3 Å². The lowest BCUT2D eigenvalue weighted by Gasteiger charge is -2.08. The number of furan rings is 1. The summed E-state index contributed by atoms with van der Waals surface area (Å²) in [6.45, 7) is 0.160. The standard InChI is InChI=1S/C17H13Cl2NO3/c18-12-5-6-16(14(19)8-12)22-10-17(21)20-9-13-7-11-3-1-2-4-15(11)23-13/h1-8H,9-10H2,(H,20,21). The van der Waals surface area contributed by atoms with E-state index >= 15 is 0 Å². The highest BCUT2D eigenvalue weighted by molar-refractivity contribution is 6.35. The van der Waals surface area contributed by atoms with E-state index in [1.807, 2.05) is 30.3 Å². The summed E-state index contributed by atoms with van der Waals surface area (Å²) in [6, 6.07) is 14.4. The number of halogens is 2. The number of nitrogens with one attached hydrogen (secondary N) is 1. The quantitative estimate of drug-likeness (QED) is 0.740. The van der Waals surface area contributed by atoms with Crippen molar-refractivity contribution >= 4 is 40.1 Å². The lowest BCUT2D eigenvalue weighted by atomic mass is 10.2. The minimum absolute atomic E-state index is 0.137. The summed E-state index contributed by atoms with van der Waals surface area (Å²) >= 11 is 11.8. The summed E-state index contributed by atoms with van der Waals surface area (Å²) in [5.41, 5.74) is 0.793. The van der Waals surface area contributed by atoms with Crippen molar-refractivity contribution in [3.63, 3.8) is 0 Å². The minimum Gasteiger partial charge on any atom is -0.482 e. The van der Waals surface area contributed by atoms with Crippen LogP contribution in [-0.2, 0) is 11.3 Å². The van der Waals surface area contributed by atoms with Gasteiger partial charge in [0.25, 0.3) is 5.91 Å². The fraction of sp³-hybridized carbons (Fsp3) is 0.118. The van der Waals surface area contributed by atoms with E-state index in [0.29, 0.717) is 28.1 Å². The van der Waals surface area contributed by atoms with Crippen molar-refractivity contribution in [1.82, 2.24) is 5.32 Å². The molecule has 23 heavy (non-hydrogen) atoms. The largest absolute Gasteiger partial charge is 0.482 e. The second-order valence-electron chi connectivity index (χ2n) is 4.89. The van der Waals surface area contributed by atoms with E-state index in [-0.39, 0.29) is 12.5 Å². The second kappa shape index (κ2) is 6.94. The van der Waals surface area contributed by atoms with Gasteiger partial charge < -0.3 is 14.5 Å². The lowest BCUT2D eigenvalue weighted by molar-refractivity contribution is -0.123. The molecule has 0 saturated heterocycles. The normalized spacial score (nSPS) is 10.7. The molecule has 0 radical (unpaired) electrons. The van der Waals surface area contributed by atoms with Gasteiger partial charge in [0.2, 0.25) is 0 Å². The number of para-hydroxylation sites is 1. The number of rotatable bonds is 5. The van der Waals surface area contributed by atoms with Crippen LogP contribution in [0.15, 0.2) is 52.9 Å². The van der Waals surface area contributed by atoms with Crippen LogP contribution in [0, 0.1) is 0 Å². The number of ether oxygens (including phenoxy) is 1. The Hall–Kier alpha value is -2.17. The number of fused-ring (bicyclic) bond motifs is 1. The molecule has 0 aliphatic heterocycles. The first kappa shape index (κ1) is 15.7. The molecule has 0 saturated carbocycles. The number of hydrogen-bond donors (Lipinski definition) is 1. The van der Waals surface area contributed by atoms with Gasteiger partial charge in [-0.25, -0.2) is 0 Å². The second-order valence-corrected chi connectivity index (χ2v) is 5.73. The molecule has 0 aliphatic rings. The molecule has 0 atom stereocenters. The third kappa shape index (κ3) is 3.97. The first-order valence-corrected chi connectivity index (χ1v) is 7.69. The smallest absolute Gasteiger partial charge is 0.258 e. The van der Waals surface area contributed by atoms with Gasteiger partial charge in [-0.15, -0.1) is 0 Å². The van der Waals surface area contributed by atoms with E-state index in [2.05, 4.69) is 5.32 Å². The molecule has 0 bridgehead atoms. The number of benzene rings is 2. The van der Waals surface area contributed by atoms with Crippen LogP contribution in [0.4, 0.5) is 0 Å². The van der Waals surface area contributed by atoms with Crippen molar-refractivity contribution in [3.8, 4) is 5.75 Å². The number of carbonyl (C=O) groups excluding carboxylic acids is 1. The number of carbonyl (C=O) groups is 1. The fourth-order valence-electron chi connectivity index (χ4n) is 2.10. The van der Waals surface area contributed by atoms with Crippen LogP contribution in [-0.4, -0.2) is 12.5 Å². The number of hydrogen-bond acceptors (Lipinski definition) is 3. The Morgan fingerprint density at radius 1 is 1.13 bits per heavy atom. The Bertz CT molecular complexity index is 812. The summed E-state index contributed by atoms with van der Waals surface area (Å²) in [4.78, 5) is 11.8. The summed E-state index contributed by atoms with van der Waals surface area (Å²) in [5.74, 6) is 0.829. The molecule has 118 valence electrons. The highest BCUT2D eigenvalue weighted by Gasteiger charge is 2.08. The Morgan fingerprint density at radius 2 is 1.96 bits per heavy atom. The topological polar surface area (TPSA) is 51.5 Å². The number of amides is 1. The van der Waals surface area contributed by atoms with Gasteiger partial charge >= 0.3 is 0 Å². The Kier molecular flexibility index (Phi) is 4.74. The predicted octanol–water partition coefficient (Wildman–Crippen LogP) is 4.43. The van der Waals surface area contributed by atoms with Gasteiger partial charge in [-0.3, -0.25) is 4.79 Å². The maximum absolute atomic E-state index is 11.8. The molecular formula is C17H13Cl2NO3. The van der Waals surface area contributed by atoms with Crippen LogP contribution in [0.25, 0.3) is 11.0 Å². The third-order valence-corrected chi connectivity index (χ3v) is 3.72. The molecule has 3 aromatic rings. The van der Waals surface area contributed by atoms with E-state index in [9.17, 15) is 4.79 Å². The predicted molar refractivity (Wildman–Crippen MR) is 90.0 cm³/mol. The average Bonchev–Trinajstić information content (AvgIpc) is 2.95. The molecule has 1 amide bonds. The highest BCUT2D eigenvalue weighted by atomic mass is 35.5. The molecule has 0 fully saturated rings. The molecule has 0 unspecified atom stereocenters. The highest BCUT2D eigenvalue weighted by Crippen LogP contribution is 2.27. The summed E-state index contributed by atoms with van der Waals surface area (Å²) in [5, 5.41) is 4.61. The van der Waals surface area contributed by atoms with Gasteiger partial charge in [0, 0.05) is 10.4 Å². The zero-order valence-electron chi connectivity index (χ0n) is 12.0. The minimum atomic E-state index is -0.267. The Morgan fingerprint density at radius 3 is 2.74 bits per heavy atom. The summed E-state index contributed by atoms with van der Waals surface area (Å²) in [7, 11) is 0. The molecule has 2 aromatic carbocycles. The first-order valence-electron chi connectivity index (χ1n) is 6.94. The Labute approximate surface area is 142 Å². The first-order chi connectivity index (χ1) is 11.1. The van der Waals surface area contributed by atoms with Gasteiger partial charge in [0.1, 0.15) is 17.1 Å². The van der Waals surface area contributed by atoms with Crippen molar-refractivity contribution < 1.29 is 13.9 Å². The van der Waals surface area contributed by atoms with Gasteiger partial charge in [0.05, 0.1) is 11.6 Å². The van der Waals surface area contributed by atoms with Crippen molar-refractivity contribution in [2.75, 3.05) is 6.61 Å². The molecule has 4 nitrogen and oxygen atoms in total. The third-order valence-electron chi connectivity index (χ3n) is 3.19. The zero-order chi connectivity index (χ0) is 16.2. The molecule has 0 aliphatic carbocycles. The van der Waals surface area contributed by atoms with Crippen molar-refractivity contribution in [2.45, 2.75) is 6.54 Å². The van der Waals surface area contributed by atoms with E-state index in [1.165, 1.54) is 0 Å². The van der Waals surface area contributed by atoms with E-state index < -0.39 is 0 Å². The molecule has 3 rings (SSSR count). The lowest BCUT2D eigenvalue weighted by Crippen LogP contribution is -2.28. The molecule has 0 spiro atoms. The van der Waals surface area contributed by atoms with Gasteiger partial charge in [-0.2, -0.15) is 0 Å². The van der Waals surface area contributed by atoms with Crippen molar-refractivity contribution in [3.05, 3.63) is 64.3 Å². The van der Waals surface area contributed by atoms with Crippen LogP contribution in [0.5, 0.6) is 5.75 Å². The van der Waals surface area contributed by atoms with Gasteiger partial charge in [-0.1, -0.05) is 41.4 Å². The van der Waals surface area contributed by atoms with E-state index in [0.717, 1.165) is 11.0 Å².